The molecule has 1 aliphatic heterocycles. The van der Waals surface area contributed by atoms with Crippen LogP contribution in [0.25, 0.3) is 0 Å². The Labute approximate surface area is 89.6 Å². The fourth-order valence-electron chi connectivity index (χ4n) is 1.73. The van der Waals surface area contributed by atoms with Crippen LogP contribution in [0, 0.1) is 6.92 Å². The van der Waals surface area contributed by atoms with Gasteiger partial charge in [-0.1, -0.05) is 12.1 Å². The Balaban J connectivity index is 2.09. The van der Waals surface area contributed by atoms with E-state index in [9.17, 15) is 5.11 Å². The number of hydrogen-bond donors (Lipinski definition) is 1. The molecule has 0 amide bonds. The molecule has 1 aromatic carbocycles. The van der Waals surface area contributed by atoms with Gasteiger partial charge in [-0.15, -0.1) is 0 Å². The summed E-state index contributed by atoms with van der Waals surface area (Å²) in [5, 5.41) is 9.64. The molecular weight excluding hydrogens is 192 g/mol. The van der Waals surface area contributed by atoms with Crippen molar-refractivity contribution in [3.63, 3.8) is 0 Å². The lowest BCUT2D eigenvalue weighted by atomic mass is 10.2. The molecule has 1 fully saturated rings. The summed E-state index contributed by atoms with van der Waals surface area (Å²) in [4.78, 5) is 0. The minimum atomic E-state index is -0.203. The lowest BCUT2D eigenvalue weighted by Gasteiger charge is -2.24. The van der Waals surface area contributed by atoms with Crippen molar-refractivity contribution in [2.45, 2.75) is 32.5 Å². The van der Waals surface area contributed by atoms with E-state index in [2.05, 4.69) is 0 Å². The highest BCUT2D eigenvalue weighted by Gasteiger charge is 2.17. The average molecular weight is 208 g/mol. The van der Waals surface area contributed by atoms with Gasteiger partial charge < -0.3 is 14.6 Å². The number of benzene rings is 1. The van der Waals surface area contributed by atoms with Gasteiger partial charge >= 0.3 is 0 Å². The molecule has 1 unspecified atom stereocenters. The molecule has 2 rings (SSSR count). The van der Waals surface area contributed by atoms with Gasteiger partial charge in [0.1, 0.15) is 0 Å². The quantitative estimate of drug-likeness (QED) is 0.811. The van der Waals surface area contributed by atoms with Crippen LogP contribution in [0.15, 0.2) is 18.2 Å². The minimum Gasteiger partial charge on any atom is -0.504 e. The van der Waals surface area contributed by atoms with E-state index in [0.29, 0.717) is 5.75 Å². The molecule has 1 N–H and O–H groups in total. The number of phenolic OH excluding ortho intramolecular Hbond substituents is 1. The summed E-state index contributed by atoms with van der Waals surface area (Å²) in [6.07, 6.45) is 2.91. The summed E-state index contributed by atoms with van der Waals surface area (Å²) in [7, 11) is 0. The number of para-hydroxylation sites is 1. The third-order valence-electron chi connectivity index (χ3n) is 2.58. The molecule has 3 nitrogen and oxygen atoms in total. The highest BCUT2D eigenvalue weighted by atomic mass is 16.7. The van der Waals surface area contributed by atoms with Gasteiger partial charge in [-0.05, 0) is 31.4 Å². The SMILES string of the molecule is Cc1cccc(O)c1OC1CCCCO1. The smallest absolute Gasteiger partial charge is 0.200 e. The molecule has 0 saturated carbocycles. The zero-order valence-corrected chi connectivity index (χ0v) is 8.90. The van der Waals surface area contributed by atoms with E-state index in [1.165, 1.54) is 0 Å². The molecule has 1 aliphatic rings. The van der Waals surface area contributed by atoms with Crippen molar-refractivity contribution >= 4 is 0 Å². The Kier molecular flexibility index (Phi) is 3.11. The maximum atomic E-state index is 9.64. The molecule has 1 aromatic rings. The van der Waals surface area contributed by atoms with Gasteiger partial charge in [0.15, 0.2) is 17.8 Å². The molecule has 82 valence electrons. The van der Waals surface area contributed by atoms with E-state index in [-0.39, 0.29) is 12.0 Å². The van der Waals surface area contributed by atoms with Crippen LogP contribution in [-0.4, -0.2) is 18.0 Å². The van der Waals surface area contributed by atoms with Crippen LogP contribution < -0.4 is 4.74 Å². The van der Waals surface area contributed by atoms with Crippen LogP contribution in [0.3, 0.4) is 0 Å². The van der Waals surface area contributed by atoms with Gasteiger partial charge in [-0.25, -0.2) is 0 Å². The minimum absolute atomic E-state index is 0.184. The summed E-state index contributed by atoms with van der Waals surface area (Å²) in [6, 6.07) is 5.35. The van der Waals surface area contributed by atoms with E-state index >= 15 is 0 Å². The number of rotatable bonds is 2. The van der Waals surface area contributed by atoms with Crippen molar-refractivity contribution in [3.05, 3.63) is 23.8 Å². The summed E-state index contributed by atoms with van der Waals surface area (Å²) in [5.41, 5.74) is 0.934. The van der Waals surface area contributed by atoms with Gasteiger partial charge in [-0.3, -0.25) is 0 Å². The summed E-state index contributed by atoms with van der Waals surface area (Å²) < 4.78 is 11.1. The van der Waals surface area contributed by atoms with E-state index < -0.39 is 0 Å². The van der Waals surface area contributed by atoms with Crippen molar-refractivity contribution in [2.24, 2.45) is 0 Å². The first-order valence-electron chi connectivity index (χ1n) is 5.34. The molecule has 0 aromatic heterocycles. The monoisotopic (exact) mass is 208 g/mol. The zero-order valence-electron chi connectivity index (χ0n) is 8.90. The second-order valence-corrected chi connectivity index (χ2v) is 3.84. The van der Waals surface area contributed by atoms with E-state index in [1.807, 2.05) is 13.0 Å². The average Bonchev–Trinajstić information content (AvgIpc) is 2.25. The summed E-state index contributed by atoms with van der Waals surface area (Å²) in [5.74, 6) is 0.730. The van der Waals surface area contributed by atoms with Gasteiger partial charge in [0.2, 0.25) is 0 Å². The number of aromatic hydroxyl groups is 1. The Morgan fingerprint density at radius 2 is 2.27 bits per heavy atom. The van der Waals surface area contributed by atoms with Gasteiger partial charge in [-0.2, -0.15) is 0 Å². The molecular formula is C12H16O3. The molecule has 0 spiro atoms. The van der Waals surface area contributed by atoms with Gasteiger partial charge in [0.25, 0.3) is 0 Å². The van der Waals surface area contributed by atoms with Crippen LogP contribution in [0.4, 0.5) is 0 Å². The Hall–Kier alpha value is -1.22. The standard InChI is InChI=1S/C12H16O3/c1-9-5-4-6-10(13)12(9)15-11-7-2-3-8-14-11/h4-6,11,13H,2-3,7-8H2,1H3. The molecule has 1 atom stereocenters. The molecule has 1 saturated heterocycles. The number of hydrogen-bond acceptors (Lipinski definition) is 3. The van der Waals surface area contributed by atoms with E-state index in [4.69, 9.17) is 9.47 Å². The predicted octanol–water partition coefficient (Wildman–Crippen LogP) is 2.61. The molecule has 3 heteroatoms. The molecule has 0 bridgehead atoms. The van der Waals surface area contributed by atoms with Crippen LogP contribution in [0.5, 0.6) is 11.5 Å². The first-order valence-corrected chi connectivity index (χ1v) is 5.34. The highest BCUT2D eigenvalue weighted by Crippen LogP contribution is 2.31. The van der Waals surface area contributed by atoms with Gasteiger partial charge in [0.05, 0.1) is 6.61 Å². The van der Waals surface area contributed by atoms with Crippen LogP contribution in [0.2, 0.25) is 0 Å². The highest BCUT2D eigenvalue weighted by molar-refractivity contribution is 5.44. The number of ether oxygens (including phenoxy) is 2. The Morgan fingerprint density at radius 1 is 1.40 bits per heavy atom. The molecule has 0 aliphatic carbocycles. The van der Waals surface area contributed by atoms with Crippen molar-refractivity contribution in [3.8, 4) is 11.5 Å². The topological polar surface area (TPSA) is 38.7 Å². The molecule has 1 heterocycles. The lowest BCUT2D eigenvalue weighted by Crippen LogP contribution is -2.25. The largest absolute Gasteiger partial charge is 0.504 e. The van der Waals surface area contributed by atoms with Gasteiger partial charge in [0, 0.05) is 6.42 Å². The van der Waals surface area contributed by atoms with Crippen molar-refractivity contribution in [1.29, 1.82) is 0 Å². The summed E-state index contributed by atoms with van der Waals surface area (Å²) in [6.45, 7) is 2.66. The maximum absolute atomic E-state index is 9.64. The predicted molar refractivity (Wildman–Crippen MR) is 57.1 cm³/mol. The molecule has 0 radical (unpaired) electrons. The van der Waals surface area contributed by atoms with Crippen molar-refractivity contribution < 1.29 is 14.6 Å². The fourth-order valence-corrected chi connectivity index (χ4v) is 1.73. The lowest BCUT2D eigenvalue weighted by molar-refractivity contribution is -0.106. The van der Waals surface area contributed by atoms with Crippen molar-refractivity contribution in [1.82, 2.24) is 0 Å². The van der Waals surface area contributed by atoms with Crippen molar-refractivity contribution in [2.75, 3.05) is 6.61 Å². The number of phenols is 1. The Bertz CT molecular complexity index is 309. The van der Waals surface area contributed by atoms with Crippen LogP contribution in [-0.2, 0) is 4.74 Å². The fraction of sp³-hybridized carbons (Fsp3) is 0.500. The zero-order chi connectivity index (χ0) is 10.7. The first kappa shape index (κ1) is 10.3. The first-order chi connectivity index (χ1) is 7.27. The summed E-state index contributed by atoms with van der Waals surface area (Å²) >= 11 is 0. The second-order valence-electron chi connectivity index (χ2n) is 3.84. The molecule has 15 heavy (non-hydrogen) atoms. The maximum Gasteiger partial charge on any atom is 0.200 e. The van der Waals surface area contributed by atoms with Crippen LogP contribution >= 0.6 is 0 Å². The normalized spacial score (nSPS) is 21.3. The third-order valence-corrected chi connectivity index (χ3v) is 2.58. The third kappa shape index (κ3) is 2.42. The number of aryl methyl sites for hydroxylation is 1. The Morgan fingerprint density at radius 3 is 2.93 bits per heavy atom. The van der Waals surface area contributed by atoms with Crippen LogP contribution in [0.1, 0.15) is 24.8 Å². The van der Waals surface area contributed by atoms with E-state index in [0.717, 1.165) is 31.4 Å². The van der Waals surface area contributed by atoms with E-state index in [1.54, 1.807) is 12.1 Å². The second kappa shape index (κ2) is 4.53.